The molecule has 0 saturated heterocycles. The minimum absolute atomic E-state index is 0.000627. The Kier molecular flexibility index (Phi) is 4.29. The van der Waals surface area contributed by atoms with Crippen molar-refractivity contribution in [3.05, 3.63) is 34.9 Å². The number of hydrogen-bond acceptors (Lipinski definition) is 2. The maximum Gasteiger partial charge on any atom is 0.227 e. The third-order valence-electron chi connectivity index (χ3n) is 5.10. The number of aliphatic hydroxyl groups is 1. The summed E-state index contributed by atoms with van der Waals surface area (Å²) in [6.07, 6.45) is 7.59. The van der Waals surface area contributed by atoms with Gasteiger partial charge in [-0.25, -0.2) is 0 Å². The van der Waals surface area contributed by atoms with Gasteiger partial charge in [-0.1, -0.05) is 31.0 Å². The highest BCUT2D eigenvalue weighted by molar-refractivity contribution is 5.79. The van der Waals surface area contributed by atoms with Gasteiger partial charge in [0.15, 0.2) is 0 Å². The molecular formula is C18H25NO2. The zero-order valence-electron chi connectivity index (χ0n) is 12.8. The summed E-state index contributed by atoms with van der Waals surface area (Å²) in [4.78, 5) is 14.2. The molecule has 0 aromatic heterocycles. The zero-order chi connectivity index (χ0) is 14.8. The van der Waals surface area contributed by atoms with Crippen LogP contribution in [-0.4, -0.2) is 35.1 Å². The molecule has 0 spiro atoms. The van der Waals surface area contributed by atoms with Gasteiger partial charge in [-0.05, 0) is 48.8 Å². The lowest BCUT2D eigenvalue weighted by molar-refractivity contribution is -0.134. The van der Waals surface area contributed by atoms with E-state index in [1.165, 1.54) is 24.0 Å². The number of likely N-dealkylation sites (N-methyl/N-ethyl adjacent to an activating group) is 1. The van der Waals surface area contributed by atoms with Gasteiger partial charge < -0.3 is 10.0 Å². The number of benzene rings is 1. The molecule has 1 N–H and O–H groups in total. The van der Waals surface area contributed by atoms with Gasteiger partial charge in [-0.2, -0.15) is 0 Å². The van der Waals surface area contributed by atoms with Crippen LogP contribution in [-0.2, 0) is 24.1 Å². The molecule has 2 unspecified atom stereocenters. The first-order valence-corrected chi connectivity index (χ1v) is 8.19. The van der Waals surface area contributed by atoms with Crippen LogP contribution in [0.15, 0.2) is 18.2 Å². The lowest BCUT2D eigenvalue weighted by Gasteiger charge is -2.35. The lowest BCUT2D eigenvalue weighted by atomic mass is 9.91. The first-order chi connectivity index (χ1) is 10.1. The Hall–Kier alpha value is -1.35. The molecule has 2 aliphatic carbocycles. The first-order valence-electron chi connectivity index (χ1n) is 8.19. The van der Waals surface area contributed by atoms with Crippen LogP contribution in [0.4, 0.5) is 0 Å². The summed E-state index contributed by atoms with van der Waals surface area (Å²) in [6, 6.07) is 6.47. The minimum Gasteiger partial charge on any atom is -0.391 e. The maximum atomic E-state index is 12.5. The third kappa shape index (κ3) is 3.13. The van der Waals surface area contributed by atoms with Crippen molar-refractivity contribution in [2.24, 2.45) is 0 Å². The topological polar surface area (TPSA) is 40.5 Å². The molecular weight excluding hydrogens is 262 g/mol. The van der Waals surface area contributed by atoms with Crippen LogP contribution < -0.4 is 0 Å². The van der Waals surface area contributed by atoms with Crippen LogP contribution in [0.1, 0.15) is 48.8 Å². The van der Waals surface area contributed by atoms with E-state index >= 15 is 0 Å². The van der Waals surface area contributed by atoms with Gasteiger partial charge in [-0.15, -0.1) is 0 Å². The normalized spacial score (nSPS) is 24.7. The molecule has 1 aromatic carbocycles. The summed E-state index contributed by atoms with van der Waals surface area (Å²) in [5.41, 5.74) is 3.97. The molecule has 0 aliphatic heterocycles. The van der Waals surface area contributed by atoms with Gasteiger partial charge >= 0.3 is 0 Å². The molecule has 1 saturated carbocycles. The highest BCUT2D eigenvalue weighted by atomic mass is 16.3. The van der Waals surface area contributed by atoms with E-state index < -0.39 is 0 Å². The summed E-state index contributed by atoms with van der Waals surface area (Å²) < 4.78 is 0. The highest BCUT2D eigenvalue weighted by Crippen LogP contribution is 2.25. The van der Waals surface area contributed by atoms with E-state index in [1.807, 2.05) is 7.05 Å². The second-order valence-electron chi connectivity index (χ2n) is 6.56. The standard InChI is InChI=1S/C18H25NO2/c1-19(16-7-2-3-8-17(16)20)18(21)12-13-9-10-14-5-4-6-15(14)11-13/h9-11,16-17,20H,2-8,12H2,1H3. The summed E-state index contributed by atoms with van der Waals surface area (Å²) in [5.74, 6) is 0.124. The summed E-state index contributed by atoms with van der Waals surface area (Å²) in [5, 5.41) is 10.1. The van der Waals surface area contributed by atoms with E-state index in [0.29, 0.717) is 6.42 Å². The molecule has 1 fully saturated rings. The number of carbonyl (C=O) groups excluding carboxylic acids is 1. The van der Waals surface area contributed by atoms with Gasteiger partial charge in [0.1, 0.15) is 0 Å². The Balaban J connectivity index is 1.65. The van der Waals surface area contributed by atoms with Crippen molar-refractivity contribution < 1.29 is 9.90 Å². The van der Waals surface area contributed by atoms with Crippen molar-refractivity contribution in [3.8, 4) is 0 Å². The molecule has 2 atom stereocenters. The number of hydrogen-bond donors (Lipinski definition) is 1. The summed E-state index contributed by atoms with van der Waals surface area (Å²) in [7, 11) is 1.84. The quantitative estimate of drug-likeness (QED) is 0.928. The zero-order valence-corrected chi connectivity index (χ0v) is 12.8. The molecule has 0 radical (unpaired) electrons. The Morgan fingerprint density at radius 3 is 2.76 bits per heavy atom. The van der Waals surface area contributed by atoms with Crippen molar-refractivity contribution in [2.45, 2.75) is 63.5 Å². The molecule has 0 heterocycles. The first kappa shape index (κ1) is 14.6. The summed E-state index contributed by atoms with van der Waals surface area (Å²) in [6.45, 7) is 0. The summed E-state index contributed by atoms with van der Waals surface area (Å²) >= 11 is 0. The molecule has 1 aromatic rings. The average molecular weight is 287 g/mol. The number of fused-ring (bicyclic) bond motifs is 1. The van der Waals surface area contributed by atoms with E-state index in [2.05, 4.69) is 18.2 Å². The fourth-order valence-electron chi connectivity index (χ4n) is 3.76. The molecule has 21 heavy (non-hydrogen) atoms. The van der Waals surface area contributed by atoms with Crippen LogP contribution in [0.5, 0.6) is 0 Å². The van der Waals surface area contributed by atoms with Crippen molar-refractivity contribution in [1.82, 2.24) is 4.90 Å². The van der Waals surface area contributed by atoms with Gasteiger partial charge in [0.25, 0.3) is 0 Å². The Bertz CT molecular complexity index is 526. The van der Waals surface area contributed by atoms with Crippen LogP contribution >= 0.6 is 0 Å². The number of aryl methyl sites for hydroxylation is 2. The Morgan fingerprint density at radius 1 is 1.19 bits per heavy atom. The van der Waals surface area contributed by atoms with Crippen molar-refractivity contribution in [3.63, 3.8) is 0 Å². The Labute approximate surface area is 127 Å². The minimum atomic E-state index is -0.354. The van der Waals surface area contributed by atoms with E-state index in [9.17, 15) is 9.90 Å². The number of aliphatic hydroxyl groups excluding tert-OH is 1. The molecule has 0 bridgehead atoms. The second-order valence-corrected chi connectivity index (χ2v) is 6.56. The van der Waals surface area contributed by atoms with Crippen LogP contribution in [0.3, 0.4) is 0 Å². The average Bonchev–Trinajstić information content (AvgIpc) is 2.94. The predicted octanol–water partition coefficient (Wildman–Crippen LogP) is 2.48. The fourth-order valence-corrected chi connectivity index (χ4v) is 3.76. The van der Waals surface area contributed by atoms with Crippen LogP contribution in [0.25, 0.3) is 0 Å². The highest BCUT2D eigenvalue weighted by Gasteiger charge is 2.29. The van der Waals surface area contributed by atoms with Crippen molar-refractivity contribution in [1.29, 1.82) is 0 Å². The van der Waals surface area contributed by atoms with E-state index in [1.54, 1.807) is 4.90 Å². The van der Waals surface area contributed by atoms with Gasteiger partial charge in [-0.3, -0.25) is 4.79 Å². The second kappa shape index (κ2) is 6.18. The molecule has 2 aliphatic rings. The van der Waals surface area contributed by atoms with E-state index in [4.69, 9.17) is 0 Å². The monoisotopic (exact) mass is 287 g/mol. The van der Waals surface area contributed by atoms with Crippen LogP contribution in [0.2, 0.25) is 0 Å². The van der Waals surface area contributed by atoms with E-state index in [-0.39, 0.29) is 18.1 Å². The Morgan fingerprint density at radius 2 is 1.95 bits per heavy atom. The molecule has 1 amide bonds. The van der Waals surface area contributed by atoms with E-state index in [0.717, 1.165) is 37.7 Å². The number of rotatable bonds is 3. The maximum absolute atomic E-state index is 12.5. The van der Waals surface area contributed by atoms with Crippen molar-refractivity contribution >= 4 is 5.91 Å². The fraction of sp³-hybridized carbons (Fsp3) is 0.611. The molecule has 114 valence electrons. The van der Waals surface area contributed by atoms with Gasteiger partial charge in [0.05, 0.1) is 18.6 Å². The largest absolute Gasteiger partial charge is 0.391 e. The van der Waals surface area contributed by atoms with Gasteiger partial charge in [0.2, 0.25) is 5.91 Å². The van der Waals surface area contributed by atoms with Crippen molar-refractivity contribution in [2.75, 3.05) is 7.05 Å². The SMILES string of the molecule is CN(C(=O)Cc1ccc2c(c1)CCC2)C1CCCCC1O. The molecule has 3 nitrogen and oxygen atoms in total. The molecule has 3 rings (SSSR count). The number of carbonyl (C=O) groups is 1. The molecule has 3 heteroatoms. The smallest absolute Gasteiger partial charge is 0.227 e. The van der Waals surface area contributed by atoms with Gasteiger partial charge in [0, 0.05) is 7.05 Å². The number of nitrogens with zero attached hydrogens (tertiary/aromatic N) is 1. The van der Waals surface area contributed by atoms with Crippen LogP contribution in [0, 0.1) is 0 Å². The number of amides is 1. The lowest BCUT2D eigenvalue weighted by Crippen LogP contribution is -2.46. The third-order valence-corrected chi connectivity index (χ3v) is 5.10. The predicted molar refractivity (Wildman–Crippen MR) is 83.2 cm³/mol.